The molecule has 6 aromatic rings. The molecule has 7 heterocycles. The van der Waals surface area contributed by atoms with Crippen molar-refractivity contribution in [2.24, 2.45) is 46.8 Å². The summed E-state index contributed by atoms with van der Waals surface area (Å²) in [6.45, 7) is 5.68. The van der Waals surface area contributed by atoms with Crippen molar-refractivity contribution in [2.45, 2.75) is 194 Å². The minimum absolute atomic E-state index is 0.000653. The summed E-state index contributed by atoms with van der Waals surface area (Å²) in [6, 6.07) is 3.34. The molecule has 15 bridgehead atoms. The number of ether oxygens (including phenoxy) is 8. The van der Waals surface area contributed by atoms with E-state index in [-0.39, 0.29) is 113 Å². The van der Waals surface area contributed by atoms with Crippen LogP contribution in [-0.2, 0) is 52.6 Å². The number of phenolic OH excluding ortho intramolecular Hbond substituents is 3. The highest BCUT2D eigenvalue weighted by Gasteiger charge is 2.53. The summed E-state index contributed by atoms with van der Waals surface area (Å²) in [5.41, 5.74) is 14.0. The van der Waals surface area contributed by atoms with Crippen LogP contribution in [-0.4, -0.2) is 224 Å². The van der Waals surface area contributed by atoms with Crippen molar-refractivity contribution in [2.75, 3.05) is 40.0 Å². The first-order valence-electron chi connectivity index (χ1n) is 41.9. The Hall–Kier alpha value is -10.8. The van der Waals surface area contributed by atoms with E-state index in [9.17, 15) is 60.3 Å². The fraction of sp³-hybridized carbons (Fsp3) is 0.483. The van der Waals surface area contributed by atoms with E-state index in [1.54, 1.807) is 0 Å². The standard InChI is InChI=1S/C87H104Cl2N12O26/c1-35(2)18-51(93-5)79(113)100-69-71(107)40-7-11-55(49(88)25-40)123-59-28-45-29-60(75(59)127-86-76(74(110)73(109)61(34-102)125-86)126-63-33-87(4,92)77(111)36(3)122-63)124-56-12-8-41(26-50(56)89)72(108)70-85(119)99-68(83(117)96-65-43-20-37-19-38(22-43)23-44(65)21-37)48-30-46(103)31-54(105)64(48)47-24-39(6-10-53(47)104)66(81(115)101-70)98-82(116)67(45)97-80(114)52(94-84(69)118)32-62(106)95-78(112)42-9-13-57(120-16-14-90)58(27-42)121-17-15-91/h6-13,24-31,35-38,43-44,51-52,61,63,65-74,76-77,86,93,102-105,107-111H,14-23,32-34,90-92H2,1-5H3,(H,94,118)(H,96,117)(H,97,114)(H,98,116)(H,99,119)(H,100,113)(H,101,115)(H,95,106,112)/t36-,37?,38?,43?,44?,51+,52-,61+,63-,65?,66+,67+,68-,69+,70-,71+,72+,73+,74-,76+,77+,86-,87-/m0/s1. The number of likely N-dealkylation sites (N-methyl/N-ethyl adjacent to an activating group) is 1. The van der Waals surface area contributed by atoms with Crippen LogP contribution in [0.2, 0.25) is 10.0 Å². The first-order chi connectivity index (χ1) is 60.5. The summed E-state index contributed by atoms with van der Waals surface area (Å²) < 4.78 is 50.6. The minimum atomic E-state index is -2.45. The Labute approximate surface area is 737 Å². The zero-order valence-electron chi connectivity index (χ0n) is 69.7. The number of rotatable bonds is 21. The van der Waals surface area contributed by atoms with Crippen LogP contribution in [0, 0.1) is 29.6 Å². The summed E-state index contributed by atoms with van der Waals surface area (Å²) in [7, 11) is 1.46. The van der Waals surface area contributed by atoms with Crippen LogP contribution >= 0.6 is 23.2 Å². The molecule has 4 saturated carbocycles. The average Bonchev–Trinajstić information content (AvgIpc) is 0.755. The molecule has 9 amide bonds. The zero-order valence-corrected chi connectivity index (χ0v) is 71.2. The van der Waals surface area contributed by atoms with Gasteiger partial charge in [0.1, 0.15) is 109 Å². The number of benzene rings is 6. The first kappa shape index (κ1) is 92.4. The number of amides is 9. The van der Waals surface area contributed by atoms with Gasteiger partial charge in [0.15, 0.2) is 35.4 Å². The summed E-state index contributed by atoms with van der Waals surface area (Å²) in [5.74, 6) is -15.0. The van der Waals surface area contributed by atoms with Crippen molar-refractivity contribution in [3.05, 3.63) is 140 Å². The number of fused-ring (bicyclic) bond motifs is 15. The lowest BCUT2D eigenvalue weighted by Crippen LogP contribution is -2.64. The van der Waals surface area contributed by atoms with Gasteiger partial charge in [-0.2, -0.15) is 0 Å². The third kappa shape index (κ3) is 19.9. The molecule has 24 N–H and O–H groups in total. The fourth-order valence-corrected chi connectivity index (χ4v) is 18.8. The Morgan fingerprint density at radius 3 is 1.87 bits per heavy atom. The third-order valence-electron chi connectivity index (χ3n) is 24.5. The zero-order chi connectivity index (χ0) is 91.0. The second-order valence-electron chi connectivity index (χ2n) is 34.2. The van der Waals surface area contributed by atoms with Gasteiger partial charge in [-0.3, -0.25) is 48.5 Å². The number of hydrogen-bond acceptors (Lipinski definition) is 30. The smallest absolute Gasteiger partial charge is 0.257 e. The van der Waals surface area contributed by atoms with Gasteiger partial charge in [0.25, 0.3) is 5.91 Å². The van der Waals surface area contributed by atoms with Gasteiger partial charge < -0.3 is 144 Å². The van der Waals surface area contributed by atoms with Crippen LogP contribution < -0.4 is 88.7 Å². The number of aliphatic hydroxyl groups excluding tert-OH is 6. The largest absolute Gasteiger partial charge is 0.508 e. The van der Waals surface area contributed by atoms with Gasteiger partial charge in [-0.15, -0.1) is 0 Å². The number of carbonyl (C=O) groups excluding carboxylic acids is 9. The Balaban J connectivity index is 0.967. The maximum atomic E-state index is 16.7. The molecule has 0 radical (unpaired) electrons. The van der Waals surface area contributed by atoms with Crippen molar-refractivity contribution in [3.8, 4) is 68.6 Å². The fourth-order valence-electron chi connectivity index (χ4n) is 18.4. The van der Waals surface area contributed by atoms with Crippen LogP contribution in [0.15, 0.2) is 97.1 Å². The number of carbonyl (C=O) groups is 9. The number of aliphatic hydroxyl groups is 6. The predicted octanol–water partition coefficient (Wildman–Crippen LogP) is 2.11. The van der Waals surface area contributed by atoms with Crippen LogP contribution in [0.3, 0.4) is 0 Å². The monoisotopic (exact) mass is 1800 g/mol. The number of halogens is 2. The van der Waals surface area contributed by atoms with Crippen LogP contribution in [0.1, 0.15) is 148 Å². The summed E-state index contributed by atoms with van der Waals surface area (Å²) in [4.78, 5) is 140. The van der Waals surface area contributed by atoms with Gasteiger partial charge in [0.05, 0.1) is 41.3 Å². The minimum Gasteiger partial charge on any atom is -0.508 e. The van der Waals surface area contributed by atoms with Crippen molar-refractivity contribution in [3.63, 3.8) is 0 Å². The lowest BCUT2D eigenvalue weighted by Gasteiger charge is -2.54. The van der Waals surface area contributed by atoms with E-state index in [0.29, 0.717) is 11.8 Å². The average molecular weight is 1800 g/mol. The molecule has 7 aliphatic heterocycles. The number of hydrogen-bond donors (Lipinski definition) is 21. The maximum absolute atomic E-state index is 16.7. The lowest BCUT2D eigenvalue weighted by atomic mass is 9.54. The van der Waals surface area contributed by atoms with Gasteiger partial charge in [-0.05, 0) is 190 Å². The molecule has 0 aromatic heterocycles. The van der Waals surface area contributed by atoms with E-state index in [1.807, 2.05) is 13.8 Å². The number of aromatic hydroxyl groups is 3. The van der Waals surface area contributed by atoms with E-state index >= 15 is 28.8 Å². The molecular weight excluding hydrogens is 1700 g/mol. The molecule has 38 nitrogen and oxygen atoms in total. The van der Waals surface area contributed by atoms with Gasteiger partial charge >= 0.3 is 0 Å². The molecule has 0 spiro atoms. The van der Waals surface area contributed by atoms with Crippen molar-refractivity contribution >= 4 is 76.4 Å². The number of nitrogens with one attached hydrogen (secondary N) is 9. The Kier molecular flexibility index (Phi) is 28.1. The van der Waals surface area contributed by atoms with Crippen molar-refractivity contribution in [1.82, 2.24) is 47.9 Å². The first-order valence-corrected chi connectivity index (χ1v) is 42.6. The molecule has 40 heteroatoms. The molecule has 6 aromatic carbocycles. The van der Waals surface area contributed by atoms with Crippen LogP contribution in [0.4, 0.5) is 0 Å². The molecule has 127 heavy (non-hydrogen) atoms. The normalized spacial score (nSPS) is 30.0. The summed E-state index contributed by atoms with van der Waals surface area (Å²) in [5, 5.41) is 130. The van der Waals surface area contributed by atoms with E-state index in [2.05, 4.69) is 47.9 Å². The van der Waals surface area contributed by atoms with Gasteiger partial charge in [0.2, 0.25) is 59.3 Å². The predicted molar refractivity (Wildman–Crippen MR) is 449 cm³/mol. The molecule has 2 saturated heterocycles. The van der Waals surface area contributed by atoms with Gasteiger partial charge in [0, 0.05) is 53.8 Å². The maximum Gasteiger partial charge on any atom is 0.257 e. The number of phenols is 3. The highest BCUT2D eigenvalue weighted by atomic mass is 35.5. The van der Waals surface area contributed by atoms with E-state index < -0.39 is 237 Å². The SMILES string of the molecule is CN[C@H](CC(C)C)C(=O)N[C@H]1C(=O)N[C@@H](CC(=O)NC(=O)c2ccc(OCCN)c(OCCN)c2)C(=O)N[C@H]2C(=O)N[C@H]3C(=O)N[C@H](C(=O)N[C@H](C(=O)NC4C5CC6CC(C5)CC4C6)c4cc(O)cc(O)c4-c4cc3ccc4O)[C@H](O)c3ccc(c(Cl)c3)Oc3cc2cc(c3O[C@@H]2O[C@H](CO)[C@@H](O)[C@H](O)[C@H]2O[C@H]2C[C@](C)(N)[C@H](O)[C@H](C)O2)Oc2ccc(cc2Cl)[C@H]1O. The molecular formula is C87H104Cl2N12O26. The Morgan fingerprint density at radius 2 is 1.26 bits per heavy atom. The molecule has 4 aliphatic carbocycles. The van der Waals surface area contributed by atoms with Crippen LogP contribution in [0.25, 0.3) is 11.1 Å². The molecule has 682 valence electrons. The highest BCUT2D eigenvalue weighted by molar-refractivity contribution is 6.32. The van der Waals surface area contributed by atoms with Crippen molar-refractivity contribution in [1.29, 1.82) is 0 Å². The second kappa shape index (κ2) is 38.6. The third-order valence-corrected chi connectivity index (χ3v) is 25.1. The Morgan fingerprint density at radius 1 is 0.646 bits per heavy atom. The summed E-state index contributed by atoms with van der Waals surface area (Å²) >= 11 is 14.5. The Bertz CT molecular complexity index is 5180. The van der Waals surface area contributed by atoms with E-state index in [0.717, 1.165) is 86.7 Å². The van der Waals surface area contributed by atoms with Gasteiger partial charge in [-0.1, -0.05) is 55.2 Å². The molecule has 6 fully saturated rings. The lowest BCUT2D eigenvalue weighted by molar-refractivity contribution is -0.333. The second-order valence-corrected chi connectivity index (χ2v) is 35.0. The number of nitrogens with two attached hydrogens (primary N) is 3. The molecule has 11 aliphatic rings. The summed E-state index contributed by atoms with van der Waals surface area (Å²) in [6.07, 6.45) is -14.8. The number of imide groups is 1. The molecule has 17 rings (SSSR count). The van der Waals surface area contributed by atoms with E-state index in [1.165, 1.54) is 63.4 Å². The quantitative estimate of drug-likeness (QED) is 0.0490. The van der Waals surface area contributed by atoms with Crippen molar-refractivity contribution < 1.29 is 127 Å². The van der Waals surface area contributed by atoms with Gasteiger partial charge in [-0.25, -0.2) is 0 Å². The molecule has 0 unspecified atom stereocenters. The van der Waals surface area contributed by atoms with E-state index in [4.69, 9.17) is 78.3 Å². The highest BCUT2D eigenvalue weighted by Crippen LogP contribution is 2.55. The topological polar surface area (TPSA) is 596 Å². The molecule has 18 atom stereocenters. The van der Waals surface area contributed by atoms with Crippen LogP contribution in [0.5, 0.6) is 57.5 Å².